The zero-order valence-corrected chi connectivity index (χ0v) is 17.2. The summed E-state index contributed by atoms with van der Waals surface area (Å²) in [7, 11) is 3.34. The van der Waals surface area contributed by atoms with E-state index in [0.717, 1.165) is 29.9 Å². The molecule has 8 nitrogen and oxygen atoms in total. The van der Waals surface area contributed by atoms with Crippen molar-refractivity contribution in [1.29, 1.82) is 0 Å². The van der Waals surface area contributed by atoms with Crippen molar-refractivity contribution in [2.75, 3.05) is 13.7 Å². The van der Waals surface area contributed by atoms with Gasteiger partial charge in [0.1, 0.15) is 0 Å². The lowest BCUT2D eigenvalue weighted by Crippen LogP contribution is -2.39. The predicted octanol–water partition coefficient (Wildman–Crippen LogP) is 1.85. The van der Waals surface area contributed by atoms with Gasteiger partial charge in [-0.1, -0.05) is 30.3 Å². The Morgan fingerprint density at radius 3 is 2.45 bits per heavy atom. The quantitative estimate of drug-likeness (QED) is 0.467. The zero-order valence-electron chi connectivity index (χ0n) is 17.2. The van der Waals surface area contributed by atoms with Crippen LogP contribution in [0.3, 0.4) is 0 Å². The van der Waals surface area contributed by atoms with Crippen LogP contribution in [0.4, 0.5) is 0 Å². The van der Waals surface area contributed by atoms with Crippen molar-refractivity contribution in [2.24, 2.45) is 7.05 Å². The number of methoxy groups -OCH3 is 1. The van der Waals surface area contributed by atoms with Crippen molar-refractivity contribution in [3.05, 3.63) is 68.1 Å². The monoisotopic (exact) mass is 395 g/mol. The van der Waals surface area contributed by atoms with Gasteiger partial charge < -0.3 is 9.30 Å². The Morgan fingerprint density at radius 2 is 1.76 bits per heavy atom. The molecule has 3 heterocycles. The van der Waals surface area contributed by atoms with Crippen molar-refractivity contribution in [1.82, 2.24) is 23.1 Å². The first kappa shape index (κ1) is 19.2. The highest BCUT2D eigenvalue weighted by Gasteiger charge is 2.22. The number of ether oxygens (including phenoxy) is 1. The highest BCUT2D eigenvalue weighted by Crippen LogP contribution is 2.21. The van der Waals surface area contributed by atoms with Crippen molar-refractivity contribution < 1.29 is 4.74 Å². The summed E-state index contributed by atoms with van der Waals surface area (Å²) in [5.74, 6) is 0.677. The molecule has 0 aliphatic heterocycles. The van der Waals surface area contributed by atoms with Crippen molar-refractivity contribution in [3.8, 4) is 0 Å². The van der Waals surface area contributed by atoms with E-state index >= 15 is 0 Å². The fraction of sp³-hybridized carbons (Fsp3) is 0.381. The van der Waals surface area contributed by atoms with Gasteiger partial charge in [-0.05, 0) is 25.8 Å². The lowest BCUT2D eigenvalue weighted by atomic mass is 10.2. The second-order valence-electron chi connectivity index (χ2n) is 7.31. The number of hydrogen-bond acceptors (Lipinski definition) is 4. The van der Waals surface area contributed by atoms with E-state index in [4.69, 9.17) is 4.74 Å². The van der Waals surface area contributed by atoms with Gasteiger partial charge in [-0.2, -0.15) is 4.98 Å². The number of rotatable bonds is 6. The minimum absolute atomic E-state index is 0.224. The number of aryl methyl sites for hydroxylation is 3. The molecule has 0 aliphatic rings. The molecule has 0 bridgehead atoms. The van der Waals surface area contributed by atoms with Crippen LogP contribution in [0.25, 0.3) is 16.9 Å². The van der Waals surface area contributed by atoms with Crippen LogP contribution in [0, 0.1) is 13.8 Å². The number of fused-ring (bicyclic) bond motifs is 3. The summed E-state index contributed by atoms with van der Waals surface area (Å²) in [5.41, 5.74) is 3.04. The molecule has 0 unspecified atom stereocenters. The number of benzene rings is 1. The highest BCUT2D eigenvalue weighted by molar-refractivity contribution is 5.76. The lowest BCUT2D eigenvalue weighted by molar-refractivity contribution is 0.190. The smallest absolute Gasteiger partial charge is 0.332 e. The fourth-order valence-corrected chi connectivity index (χ4v) is 3.86. The van der Waals surface area contributed by atoms with Crippen LogP contribution in [0.2, 0.25) is 0 Å². The van der Waals surface area contributed by atoms with Crippen LogP contribution in [0.15, 0.2) is 39.9 Å². The van der Waals surface area contributed by atoms with Crippen molar-refractivity contribution in [3.63, 3.8) is 0 Å². The van der Waals surface area contributed by atoms with E-state index in [1.807, 2.05) is 48.6 Å². The van der Waals surface area contributed by atoms with E-state index in [-0.39, 0.29) is 17.8 Å². The van der Waals surface area contributed by atoms with Crippen LogP contribution in [0.1, 0.15) is 23.4 Å². The number of imidazole rings is 2. The molecule has 0 N–H and O–H groups in total. The molecule has 8 heteroatoms. The van der Waals surface area contributed by atoms with Crippen molar-refractivity contribution in [2.45, 2.75) is 33.4 Å². The highest BCUT2D eigenvalue weighted by atomic mass is 16.5. The second kappa shape index (κ2) is 7.36. The van der Waals surface area contributed by atoms with E-state index in [2.05, 4.69) is 9.55 Å². The van der Waals surface area contributed by atoms with E-state index in [1.54, 1.807) is 14.2 Å². The molecule has 0 fully saturated rings. The van der Waals surface area contributed by atoms with Gasteiger partial charge in [0.05, 0.1) is 6.54 Å². The van der Waals surface area contributed by atoms with Gasteiger partial charge in [-0.3, -0.25) is 18.3 Å². The summed E-state index contributed by atoms with van der Waals surface area (Å²) in [6.07, 6.45) is 0.835. The summed E-state index contributed by atoms with van der Waals surface area (Å²) in [6.45, 7) is 5.59. The summed E-state index contributed by atoms with van der Waals surface area (Å²) in [5, 5.41) is 0. The molecule has 0 spiro atoms. The third kappa shape index (κ3) is 3.00. The molecule has 152 valence electrons. The maximum atomic E-state index is 13.4. The minimum atomic E-state index is -0.368. The SMILES string of the molecule is COCCCn1c(C)c(C)n2c3c(=O)n(Cc4ccccc4)c(=O)n(C)c3nc12. The molecule has 3 aromatic heterocycles. The zero-order chi connectivity index (χ0) is 20.7. The van der Waals surface area contributed by atoms with Gasteiger partial charge in [0.25, 0.3) is 5.56 Å². The molecule has 0 aliphatic carbocycles. The number of aromatic nitrogens is 5. The lowest BCUT2D eigenvalue weighted by Gasteiger charge is -2.08. The largest absolute Gasteiger partial charge is 0.385 e. The first-order valence-corrected chi connectivity index (χ1v) is 9.66. The third-order valence-corrected chi connectivity index (χ3v) is 5.54. The standard InChI is InChI=1S/C21H25N5O3/c1-14-15(2)26-17-18(22-20(26)24(14)11-8-12-29-4)23(3)21(28)25(19(17)27)13-16-9-6-5-7-10-16/h5-7,9-10H,8,11-13H2,1-4H3. The maximum Gasteiger partial charge on any atom is 0.332 e. The fourth-order valence-electron chi connectivity index (χ4n) is 3.86. The number of nitrogens with zero attached hydrogens (tertiary/aromatic N) is 5. The van der Waals surface area contributed by atoms with E-state index < -0.39 is 0 Å². The summed E-state index contributed by atoms with van der Waals surface area (Å²) in [4.78, 5) is 31.0. The first-order chi connectivity index (χ1) is 14.0. The molecule has 4 rings (SSSR count). The molecular formula is C21H25N5O3. The molecule has 4 aromatic rings. The van der Waals surface area contributed by atoms with Gasteiger partial charge in [0, 0.05) is 38.7 Å². The molecule has 0 amide bonds. The summed E-state index contributed by atoms with van der Waals surface area (Å²) >= 11 is 0. The molecule has 0 atom stereocenters. The van der Waals surface area contributed by atoms with Crippen LogP contribution in [0.5, 0.6) is 0 Å². The molecule has 0 saturated carbocycles. The molecule has 0 radical (unpaired) electrons. The molecular weight excluding hydrogens is 370 g/mol. The van der Waals surface area contributed by atoms with Gasteiger partial charge in [0.15, 0.2) is 11.2 Å². The Bertz CT molecular complexity index is 1310. The van der Waals surface area contributed by atoms with E-state index in [0.29, 0.717) is 23.5 Å². The topological polar surface area (TPSA) is 75.5 Å². The average molecular weight is 395 g/mol. The summed E-state index contributed by atoms with van der Waals surface area (Å²) < 4.78 is 11.9. The Morgan fingerprint density at radius 1 is 1.03 bits per heavy atom. The van der Waals surface area contributed by atoms with Crippen LogP contribution in [-0.4, -0.2) is 36.8 Å². The number of hydrogen-bond donors (Lipinski definition) is 0. The van der Waals surface area contributed by atoms with Gasteiger partial charge in [-0.15, -0.1) is 0 Å². The van der Waals surface area contributed by atoms with E-state index in [1.165, 1.54) is 9.13 Å². The Balaban J connectivity index is 1.98. The Hall–Kier alpha value is -3.13. The van der Waals surface area contributed by atoms with Crippen LogP contribution >= 0.6 is 0 Å². The third-order valence-electron chi connectivity index (χ3n) is 5.54. The van der Waals surface area contributed by atoms with Gasteiger partial charge in [0.2, 0.25) is 5.78 Å². The summed E-state index contributed by atoms with van der Waals surface area (Å²) in [6, 6.07) is 9.52. The second-order valence-corrected chi connectivity index (χ2v) is 7.31. The molecule has 0 saturated heterocycles. The van der Waals surface area contributed by atoms with Crippen LogP contribution in [-0.2, 0) is 24.9 Å². The molecule has 29 heavy (non-hydrogen) atoms. The van der Waals surface area contributed by atoms with Crippen LogP contribution < -0.4 is 11.2 Å². The first-order valence-electron chi connectivity index (χ1n) is 9.66. The average Bonchev–Trinajstić information content (AvgIpc) is 3.22. The Labute approximate surface area is 167 Å². The van der Waals surface area contributed by atoms with Gasteiger partial charge in [-0.25, -0.2) is 4.79 Å². The van der Waals surface area contributed by atoms with E-state index in [9.17, 15) is 9.59 Å². The van der Waals surface area contributed by atoms with Crippen molar-refractivity contribution >= 4 is 16.9 Å². The minimum Gasteiger partial charge on any atom is -0.385 e. The molecule has 1 aromatic carbocycles. The maximum absolute atomic E-state index is 13.4. The normalized spacial score (nSPS) is 11.7. The predicted molar refractivity (Wildman–Crippen MR) is 112 cm³/mol. The Kier molecular flexibility index (Phi) is 4.87. The van der Waals surface area contributed by atoms with Gasteiger partial charge >= 0.3 is 5.69 Å².